The van der Waals surface area contributed by atoms with Crippen molar-refractivity contribution in [1.82, 2.24) is 15.1 Å². The quantitative estimate of drug-likeness (QED) is 0.676. The maximum absolute atomic E-state index is 12.5. The summed E-state index contributed by atoms with van der Waals surface area (Å²) in [6.45, 7) is 12.3. The SMILES string of the molecule is CCCCN1C(=O)c2ccc(C(=O)NCCN(C(C)C)C(C)C)cc2C1=O. The fraction of sp³-hybridized carbons (Fsp3) is 0.571. The van der Waals surface area contributed by atoms with Crippen LogP contribution in [0.5, 0.6) is 0 Å². The fourth-order valence-corrected chi connectivity index (χ4v) is 3.46. The lowest BCUT2D eigenvalue weighted by atomic mass is 10.1. The van der Waals surface area contributed by atoms with E-state index in [1.165, 1.54) is 4.90 Å². The molecule has 0 saturated carbocycles. The molecule has 2 rings (SSSR count). The van der Waals surface area contributed by atoms with Gasteiger partial charge in [-0.05, 0) is 52.3 Å². The van der Waals surface area contributed by atoms with Crippen LogP contribution in [0.3, 0.4) is 0 Å². The molecule has 0 unspecified atom stereocenters. The van der Waals surface area contributed by atoms with E-state index < -0.39 is 0 Å². The van der Waals surface area contributed by atoms with Gasteiger partial charge in [0.15, 0.2) is 0 Å². The molecule has 3 amide bonds. The van der Waals surface area contributed by atoms with Gasteiger partial charge in [0.05, 0.1) is 11.1 Å². The van der Waals surface area contributed by atoms with Crippen LogP contribution in [0.1, 0.15) is 78.5 Å². The molecule has 0 spiro atoms. The lowest BCUT2D eigenvalue weighted by Crippen LogP contribution is -2.42. The van der Waals surface area contributed by atoms with E-state index in [0.717, 1.165) is 19.4 Å². The minimum Gasteiger partial charge on any atom is -0.351 e. The van der Waals surface area contributed by atoms with E-state index in [1.54, 1.807) is 18.2 Å². The van der Waals surface area contributed by atoms with Crippen LogP contribution in [0.15, 0.2) is 18.2 Å². The molecule has 1 N–H and O–H groups in total. The van der Waals surface area contributed by atoms with Crippen molar-refractivity contribution in [3.8, 4) is 0 Å². The van der Waals surface area contributed by atoms with Crippen LogP contribution in [-0.2, 0) is 0 Å². The minimum absolute atomic E-state index is 0.225. The Bertz CT molecular complexity index is 705. The molecule has 1 aromatic rings. The molecule has 1 aliphatic rings. The second kappa shape index (κ2) is 9.13. The van der Waals surface area contributed by atoms with Crippen molar-refractivity contribution in [2.45, 2.75) is 59.5 Å². The Hall–Kier alpha value is -2.21. The van der Waals surface area contributed by atoms with E-state index >= 15 is 0 Å². The summed E-state index contributed by atoms with van der Waals surface area (Å²) >= 11 is 0. The molecule has 0 bridgehead atoms. The van der Waals surface area contributed by atoms with Crippen molar-refractivity contribution in [3.05, 3.63) is 34.9 Å². The third-order valence-electron chi connectivity index (χ3n) is 4.95. The smallest absolute Gasteiger partial charge is 0.261 e. The molecular formula is C21H31N3O3. The van der Waals surface area contributed by atoms with Crippen molar-refractivity contribution >= 4 is 17.7 Å². The Morgan fingerprint density at radius 3 is 2.30 bits per heavy atom. The zero-order chi connectivity index (χ0) is 20.1. The van der Waals surface area contributed by atoms with Gasteiger partial charge in [-0.2, -0.15) is 0 Å². The second-order valence-electron chi connectivity index (χ2n) is 7.56. The number of unbranched alkanes of at least 4 members (excludes halogenated alkanes) is 1. The lowest BCUT2D eigenvalue weighted by molar-refractivity contribution is 0.0652. The lowest BCUT2D eigenvalue weighted by Gasteiger charge is -2.30. The van der Waals surface area contributed by atoms with E-state index in [9.17, 15) is 14.4 Å². The van der Waals surface area contributed by atoms with Gasteiger partial charge in [0.25, 0.3) is 17.7 Å². The fourth-order valence-electron chi connectivity index (χ4n) is 3.46. The number of hydrogen-bond acceptors (Lipinski definition) is 4. The molecule has 1 aliphatic heterocycles. The van der Waals surface area contributed by atoms with Crippen molar-refractivity contribution < 1.29 is 14.4 Å². The summed E-state index contributed by atoms with van der Waals surface area (Å²) in [4.78, 5) is 40.9. The number of imide groups is 1. The average Bonchev–Trinajstić information content (AvgIpc) is 2.86. The van der Waals surface area contributed by atoms with Gasteiger partial charge in [-0.3, -0.25) is 24.2 Å². The number of hydrogen-bond donors (Lipinski definition) is 1. The molecule has 0 aliphatic carbocycles. The van der Waals surface area contributed by atoms with Gasteiger partial charge in [-0.25, -0.2) is 0 Å². The van der Waals surface area contributed by atoms with Crippen LogP contribution in [0.2, 0.25) is 0 Å². The number of rotatable bonds is 9. The summed E-state index contributed by atoms with van der Waals surface area (Å²) in [5, 5.41) is 2.91. The van der Waals surface area contributed by atoms with Gasteiger partial charge >= 0.3 is 0 Å². The first-order valence-electron chi connectivity index (χ1n) is 9.82. The minimum atomic E-state index is -0.302. The predicted octanol–water partition coefficient (Wildman–Crippen LogP) is 2.93. The van der Waals surface area contributed by atoms with E-state index in [1.807, 2.05) is 6.92 Å². The summed E-state index contributed by atoms with van der Waals surface area (Å²) in [7, 11) is 0. The van der Waals surface area contributed by atoms with Gasteiger partial charge in [0, 0.05) is 37.3 Å². The molecule has 148 valence electrons. The summed E-state index contributed by atoms with van der Waals surface area (Å²) in [6, 6.07) is 5.55. The van der Waals surface area contributed by atoms with E-state index in [0.29, 0.717) is 41.9 Å². The summed E-state index contributed by atoms with van der Waals surface area (Å²) in [6.07, 6.45) is 1.69. The third kappa shape index (κ3) is 4.75. The highest BCUT2D eigenvalue weighted by molar-refractivity contribution is 6.22. The first-order chi connectivity index (χ1) is 12.8. The van der Waals surface area contributed by atoms with Crippen LogP contribution in [0.25, 0.3) is 0 Å². The van der Waals surface area contributed by atoms with Crippen LogP contribution in [0.4, 0.5) is 0 Å². The Morgan fingerprint density at radius 2 is 1.70 bits per heavy atom. The zero-order valence-electron chi connectivity index (χ0n) is 17.0. The highest BCUT2D eigenvalue weighted by Crippen LogP contribution is 2.24. The van der Waals surface area contributed by atoms with Crippen molar-refractivity contribution in [1.29, 1.82) is 0 Å². The molecule has 1 aromatic carbocycles. The number of benzene rings is 1. The number of carbonyl (C=O) groups is 3. The number of amides is 3. The average molecular weight is 373 g/mol. The maximum Gasteiger partial charge on any atom is 0.261 e. The molecular weight excluding hydrogens is 342 g/mol. The normalized spacial score (nSPS) is 13.9. The Kier molecular flexibility index (Phi) is 7.13. The summed E-state index contributed by atoms with van der Waals surface area (Å²) in [5.74, 6) is -0.790. The molecule has 0 fully saturated rings. The van der Waals surface area contributed by atoms with Crippen molar-refractivity contribution in [2.75, 3.05) is 19.6 Å². The Labute approximate surface area is 161 Å². The molecule has 6 heteroatoms. The standard InChI is InChI=1S/C21H31N3O3/c1-6-7-11-24-20(26)17-9-8-16(13-18(17)21(24)27)19(25)22-10-12-23(14(2)3)15(4)5/h8-9,13-15H,6-7,10-12H2,1-5H3,(H,22,25). The monoisotopic (exact) mass is 373 g/mol. The second-order valence-corrected chi connectivity index (χ2v) is 7.56. The summed E-state index contributed by atoms with van der Waals surface area (Å²) < 4.78 is 0. The van der Waals surface area contributed by atoms with E-state index in [4.69, 9.17) is 0 Å². The number of nitrogens with one attached hydrogen (secondary N) is 1. The first-order valence-corrected chi connectivity index (χ1v) is 9.82. The van der Waals surface area contributed by atoms with E-state index in [2.05, 4.69) is 37.9 Å². The largest absolute Gasteiger partial charge is 0.351 e. The van der Waals surface area contributed by atoms with Crippen LogP contribution in [-0.4, -0.2) is 59.2 Å². The molecule has 6 nitrogen and oxygen atoms in total. The molecule has 27 heavy (non-hydrogen) atoms. The molecule has 0 saturated heterocycles. The maximum atomic E-state index is 12.5. The first kappa shape index (κ1) is 21.1. The zero-order valence-corrected chi connectivity index (χ0v) is 17.0. The third-order valence-corrected chi connectivity index (χ3v) is 4.95. The van der Waals surface area contributed by atoms with Crippen molar-refractivity contribution in [3.63, 3.8) is 0 Å². The Morgan fingerprint density at radius 1 is 1.07 bits per heavy atom. The number of carbonyl (C=O) groups excluding carboxylic acids is 3. The Balaban J connectivity index is 2.03. The van der Waals surface area contributed by atoms with Gasteiger partial charge in [0.1, 0.15) is 0 Å². The van der Waals surface area contributed by atoms with Crippen LogP contribution >= 0.6 is 0 Å². The highest BCUT2D eigenvalue weighted by atomic mass is 16.2. The van der Waals surface area contributed by atoms with Crippen LogP contribution in [0, 0.1) is 0 Å². The predicted molar refractivity (Wildman–Crippen MR) is 106 cm³/mol. The molecule has 0 radical (unpaired) electrons. The van der Waals surface area contributed by atoms with Gasteiger partial charge < -0.3 is 5.32 Å². The molecule has 0 atom stereocenters. The van der Waals surface area contributed by atoms with Gasteiger partial charge in [-0.1, -0.05) is 13.3 Å². The van der Waals surface area contributed by atoms with Crippen LogP contribution < -0.4 is 5.32 Å². The topological polar surface area (TPSA) is 69.7 Å². The van der Waals surface area contributed by atoms with E-state index in [-0.39, 0.29) is 17.7 Å². The number of nitrogens with zero attached hydrogens (tertiary/aromatic N) is 2. The summed E-state index contributed by atoms with van der Waals surface area (Å²) in [5.41, 5.74) is 1.13. The highest BCUT2D eigenvalue weighted by Gasteiger charge is 2.35. The number of fused-ring (bicyclic) bond motifs is 1. The molecule has 1 heterocycles. The van der Waals surface area contributed by atoms with Gasteiger partial charge in [0.2, 0.25) is 0 Å². The van der Waals surface area contributed by atoms with Gasteiger partial charge in [-0.15, -0.1) is 0 Å². The molecule has 0 aromatic heterocycles. The van der Waals surface area contributed by atoms with Crippen molar-refractivity contribution in [2.24, 2.45) is 0 Å².